The van der Waals surface area contributed by atoms with Gasteiger partial charge in [0.25, 0.3) is 46.8 Å². The number of carbonyl (C=O) groups is 13. The topological polar surface area (TPSA) is 442 Å². The van der Waals surface area contributed by atoms with Crippen LogP contribution in [0.4, 0.5) is 0 Å². The predicted molar refractivity (Wildman–Crippen MR) is 381 cm³/mol. The third-order valence-electron chi connectivity index (χ3n) is 14.0. The van der Waals surface area contributed by atoms with Crippen molar-refractivity contribution in [1.29, 1.82) is 0 Å². The van der Waals surface area contributed by atoms with Crippen LogP contribution < -0.4 is 71.4 Å². The third-order valence-corrected chi connectivity index (χ3v) is 16.8. The Morgan fingerprint density at radius 2 is 0.693 bits per heavy atom. The van der Waals surface area contributed by atoms with Crippen LogP contribution in [0, 0.1) is 27.7 Å². The molecular formula is C66H72BrN8NaO21S4. The first-order chi connectivity index (χ1) is 46.7. The number of rotatable bonds is 27. The molecule has 0 saturated carbocycles. The molecule has 4 amide bonds. The van der Waals surface area contributed by atoms with Gasteiger partial charge in [-0.2, -0.15) is 12.6 Å². The fraction of sp³-hybridized carbons (Fsp3) is 0.318. The van der Waals surface area contributed by atoms with E-state index in [1.54, 1.807) is 144 Å². The number of ketones is 4. The van der Waals surface area contributed by atoms with Crippen molar-refractivity contribution in [2.45, 2.75) is 110 Å². The Kier molecular flexibility index (Phi) is 30.6. The van der Waals surface area contributed by atoms with Crippen molar-refractivity contribution in [3.05, 3.63) is 118 Å². The largest absolute Gasteiger partial charge is 1.00 e. The van der Waals surface area contributed by atoms with E-state index in [0.29, 0.717) is 78.4 Å². The van der Waals surface area contributed by atoms with Crippen molar-refractivity contribution in [3.63, 3.8) is 0 Å². The summed E-state index contributed by atoms with van der Waals surface area (Å²) >= 11 is 11.6. The minimum atomic E-state index is -1.22. The number of aliphatic carboxylic acids is 2. The number of alkyl halides is 1. The van der Waals surface area contributed by atoms with E-state index < -0.39 is 95.1 Å². The summed E-state index contributed by atoms with van der Waals surface area (Å²) in [7, 11) is 2.72. The van der Waals surface area contributed by atoms with Crippen LogP contribution in [0.5, 0.6) is 23.0 Å². The van der Waals surface area contributed by atoms with Crippen LogP contribution in [0.2, 0.25) is 0 Å². The Morgan fingerprint density at radius 1 is 0.455 bits per heavy atom. The zero-order chi connectivity index (χ0) is 75.2. The Morgan fingerprint density at radius 3 is 0.931 bits per heavy atom. The number of primary amides is 4. The minimum Gasteiger partial charge on any atom is -0.742 e. The van der Waals surface area contributed by atoms with Gasteiger partial charge in [0.05, 0.1) is 88.9 Å². The molecule has 0 saturated heterocycles. The van der Waals surface area contributed by atoms with Gasteiger partial charge in [-0.25, -0.2) is 19.2 Å². The van der Waals surface area contributed by atoms with Crippen LogP contribution >= 0.6 is 50.1 Å². The van der Waals surface area contributed by atoms with Gasteiger partial charge in [0.2, 0.25) is 0 Å². The second-order valence-corrected chi connectivity index (χ2v) is 27.1. The van der Waals surface area contributed by atoms with Crippen LogP contribution in [0.1, 0.15) is 113 Å². The van der Waals surface area contributed by atoms with Gasteiger partial charge in [0.1, 0.15) is 34.2 Å². The number of carboxylic acid groups (broad SMARTS) is 2. The molecule has 534 valence electrons. The summed E-state index contributed by atoms with van der Waals surface area (Å²) < 4.78 is 39.5. The average molecular weight is 1540 g/mol. The Labute approximate surface area is 626 Å². The normalized spacial score (nSPS) is 10.9. The number of Topliss-reactive ketones (excluding diaryl/α,β-unsaturated/α-hetero) is 4. The Balaban J connectivity index is 0.000000328. The number of hydrogen-bond acceptors (Lipinski definition) is 23. The van der Waals surface area contributed by atoms with Crippen molar-refractivity contribution >= 4 is 182 Å². The number of fused-ring (bicyclic) bond motifs is 4. The maximum Gasteiger partial charge on any atom is 1.00 e. The number of esters is 2. The summed E-state index contributed by atoms with van der Waals surface area (Å²) in [5.74, 6) is -9.86. The summed E-state index contributed by atoms with van der Waals surface area (Å²) in [6.07, 6.45) is 0. The van der Waals surface area contributed by atoms with Gasteiger partial charge < -0.3 is 97.3 Å². The van der Waals surface area contributed by atoms with Crippen molar-refractivity contribution in [3.8, 4) is 23.0 Å². The fourth-order valence-electron chi connectivity index (χ4n) is 10.2. The molecule has 8 rings (SSSR count). The molecule has 29 nitrogen and oxygen atoms in total. The number of halogens is 1. The van der Waals surface area contributed by atoms with Crippen molar-refractivity contribution < 1.29 is 131 Å². The van der Waals surface area contributed by atoms with Crippen molar-refractivity contribution in [2.75, 3.05) is 26.4 Å². The SMILES string of the molecule is CC(=O)[S-].Cc1c(C(=O)C(N)=O)c2c(OCC(=O)O)cccc2n1CSSCn1c(C)c(C(=O)C(N)=O)c2c(OCC(=O)O)cccc21.Cc1c(C(=O)C(N)=O)c2c(OCC(=O)OC(C)(C)C)cccc2n1CBr.Cc1c(C(=O)C(N)=O)c2c(OCC(=O)OC(C)(C)C)cccc2n1CS.[Na+]. The molecule has 10 N–H and O–H groups in total. The zero-order valence-electron chi connectivity index (χ0n) is 56.9. The van der Waals surface area contributed by atoms with Crippen LogP contribution in [-0.4, -0.2) is 142 Å². The minimum absolute atomic E-state index is 0. The van der Waals surface area contributed by atoms with E-state index >= 15 is 0 Å². The first-order valence-electron chi connectivity index (χ1n) is 29.5. The number of nitrogens with zero attached hydrogens (tertiary/aromatic N) is 4. The number of aromatic nitrogens is 4. The van der Waals surface area contributed by atoms with Crippen LogP contribution in [0.3, 0.4) is 0 Å². The molecule has 0 spiro atoms. The van der Waals surface area contributed by atoms with E-state index in [0.717, 1.165) is 0 Å². The van der Waals surface area contributed by atoms with E-state index in [9.17, 15) is 62.3 Å². The summed E-state index contributed by atoms with van der Waals surface area (Å²) in [5.41, 5.74) is 24.8. The molecule has 35 heteroatoms. The number of thiol groups is 1. The number of amides is 4. The molecular weight excluding hydrogens is 1470 g/mol. The molecule has 0 bridgehead atoms. The smallest absolute Gasteiger partial charge is 0.742 e. The van der Waals surface area contributed by atoms with Gasteiger partial charge in [-0.15, -0.1) is 0 Å². The summed E-state index contributed by atoms with van der Waals surface area (Å²) in [4.78, 5) is 152. The molecule has 4 aromatic carbocycles. The van der Waals surface area contributed by atoms with Gasteiger partial charge in [-0.05, 0) is 125 Å². The first-order valence-corrected chi connectivity index (χ1v) is 34.2. The summed E-state index contributed by atoms with van der Waals surface area (Å²) in [6.45, 7) is 16.6. The van der Waals surface area contributed by atoms with E-state index in [1.165, 1.54) is 40.6 Å². The van der Waals surface area contributed by atoms with Crippen LogP contribution in [-0.2, 0) is 88.3 Å². The molecule has 8 aromatic rings. The number of hydrogen-bond donors (Lipinski definition) is 7. The number of benzene rings is 4. The maximum absolute atomic E-state index is 12.8. The molecule has 101 heavy (non-hydrogen) atoms. The second-order valence-electron chi connectivity index (χ2n) is 23.3. The monoisotopic (exact) mass is 1540 g/mol. The molecule has 0 aliphatic rings. The number of carboxylic acids is 2. The van der Waals surface area contributed by atoms with Crippen LogP contribution in [0.15, 0.2) is 72.8 Å². The zero-order valence-corrected chi connectivity index (χ0v) is 63.8. The Bertz CT molecular complexity index is 4320. The van der Waals surface area contributed by atoms with Gasteiger partial charge in [0.15, 0.2) is 26.4 Å². The van der Waals surface area contributed by atoms with Gasteiger partial charge >= 0.3 is 53.4 Å². The van der Waals surface area contributed by atoms with Gasteiger partial charge in [-0.1, -0.05) is 61.8 Å². The first kappa shape index (κ1) is 84.5. The standard InChI is InChI=1S/C28H26N4O10S2.C18H21BrN2O5.C18H22N2O5S.C2H4OS.Na/c1-13-21(25(37)27(29)39)23-15(5-3-7-17(23)41-9-19(33)34)31(13)11-43-44-12-32-14(2)22(26(38)28(30)40)24-16(32)6-4-8-18(24)42-10-20(35)36;1-10-14(16(23)17(20)24)15-11(21(10)9-19)6-5-7-12(15)25-8-13(22)26-18(2,3)4;1-10-14(16(22)17(19)23)15-11(20(10)9-26)6-5-7-12(15)24-8-13(21)25-18(2,3)4;1-2(3)4;/h3-8H,9-12H2,1-2H3,(H2,29,39)(H2,30,40)(H,33,34)(H,35,36);5-7H,8-9H2,1-4H3,(H2,20,24);5-7,26H,8-9H2,1-4H3,(H2,19,23);1H3,(H,3,4);/q;;;;+1/p-1. The maximum atomic E-state index is 12.8. The fourth-order valence-corrected chi connectivity index (χ4v) is 13.3. The number of ether oxygens (including phenoxy) is 6. The summed E-state index contributed by atoms with van der Waals surface area (Å²) in [6, 6.07) is 19.9. The molecule has 0 atom stereocenters. The predicted octanol–water partition coefficient (Wildman–Crippen LogP) is 4.47. The van der Waals surface area contributed by atoms with E-state index in [-0.39, 0.29) is 104 Å². The molecule has 0 radical (unpaired) electrons. The van der Waals surface area contributed by atoms with Crippen LogP contribution in [0.25, 0.3) is 43.6 Å². The Hall–Kier alpha value is -8.90. The molecule has 4 heterocycles. The van der Waals surface area contributed by atoms with E-state index in [1.807, 2.05) is 4.57 Å². The van der Waals surface area contributed by atoms with Gasteiger partial charge in [0, 0.05) is 27.9 Å². The molecule has 0 aliphatic heterocycles. The second kappa shape index (κ2) is 36.6. The van der Waals surface area contributed by atoms with Crippen molar-refractivity contribution in [2.24, 2.45) is 22.9 Å². The number of carbonyl (C=O) groups excluding carboxylic acids is 11. The van der Waals surface area contributed by atoms with Crippen molar-refractivity contribution in [1.82, 2.24) is 18.3 Å². The molecule has 4 aromatic heterocycles. The molecule has 0 unspecified atom stereocenters. The molecule has 0 fully saturated rings. The van der Waals surface area contributed by atoms with E-state index in [2.05, 4.69) is 41.2 Å². The third kappa shape index (κ3) is 21.3. The van der Waals surface area contributed by atoms with E-state index in [4.69, 9.17) is 61.6 Å². The quantitative estimate of drug-likeness (QED) is 0.00429. The molecule has 0 aliphatic carbocycles. The average Bonchev–Trinajstić information content (AvgIpc) is 1.64. The summed E-state index contributed by atoms with van der Waals surface area (Å²) in [5, 5.41) is 19.3. The number of nitrogens with two attached hydrogens (primary N) is 4. The van der Waals surface area contributed by atoms with Gasteiger partial charge in [-0.3, -0.25) is 38.4 Å².